The van der Waals surface area contributed by atoms with Crippen molar-refractivity contribution in [1.29, 1.82) is 0 Å². The fraction of sp³-hybridized carbons (Fsp3) is 0.833. The van der Waals surface area contributed by atoms with E-state index in [0.717, 1.165) is 12.5 Å². The van der Waals surface area contributed by atoms with Gasteiger partial charge in [0.25, 0.3) is 0 Å². The Kier molecular flexibility index (Phi) is 6.36. The normalized spacial score (nSPS) is 27.6. The molecule has 0 aromatic rings. The van der Waals surface area contributed by atoms with Gasteiger partial charge in [-0.25, -0.2) is 0 Å². The molecule has 1 N–H and O–H groups in total. The van der Waals surface area contributed by atoms with E-state index in [1.54, 1.807) is 0 Å². The van der Waals surface area contributed by atoms with Gasteiger partial charge in [-0.15, -0.1) is 19.0 Å². The Bertz CT molecular complexity index is 196. The predicted molar refractivity (Wildman–Crippen MR) is 71.3 cm³/mol. The van der Waals surface area contributed by atoms with Gasteiger partial charge in [0.05, 0.1) is 0 Å². The Morgan fingerprint density at radius 2 is 2.00 bits per heavy atom. The molecule has 2 aliphatic heterocycles. The highest BCUT2D eigenvalue weighted by atomic mass is 35.5. The molecule has 2 fully saturated rings. The van der Waals surface area contributed by atoms with Crippen molar-refractivity contribution in [3.8, 4) is 0 Å². The maximum absolute atomic E-state index is 3.78. The molecule has 4 heteroatoms. The van der Waals surface area contributed by atoms with Gasteiger partial charge in [-0.2, -0.15) is 0 Å². The molecule has 1 unspecified atom stereocenters. The smallest absolute Gasteiger partial charge is 0.0233 e. The lowest BCUT2D eigenvalue weighted by Gasteiger charge is -2.37. The zero-order chi connectivity index (χ0) is 10.5. The first-order valence-electron chi connectivity index (χ1n) is 6.18. The lowest BCUT2D eigenvalue weighted by atomic mass is 10.2. The first-order valence-corrected chi connectivity index (χ1v) is 6.18. The summed E-state index contributed by atoms with van der Waals surface area (Å²) in [6.45, 7) is 12.4. The van der Waals surface area contributed by atoms with Crippen molar-refractivity contribution in [2.45, 2.75) is 18.9 Å². The van der Waals surface area contributed by atoms with E-state index in [-0.39, 0.29) is 12.4 Å². The molecule has 0 radical (unpaired) electrons. The molecule has 94 valence electrons. The van der Waals surface area contributed by atoms with Crippen LogP contribution in [0.1, 0.15) is 12.8 Å². The molecule has 0 spiro atoms. The first kappa shape index (κ1) is 14.0. The third kappa shape index (κ3) is 3.74. The molecular formula is C12H24ClN3. The van der Waals surface area contributed by atoms with Crippen LogP contribution in [0.25, 0.3) is 0 Å². The summed E-state index contributed by atoms with van der Waals surface area (Å²) in [5, 5.41) is 3.45. The summed E-state index contributed by atoms with van der Waals surface area (Å²) in [5.41, 5.74) is 0. The zero-order valence-corrected chi connectivity index (χ0v) is 10.8. The average molecular weight is 246 g/mol. The molecule has 1 atom stereocenters. The highest BCUT2D eigenvalue weighted by molar-refractivity contribution is 5.85. The molecule has 0 bridgehead atoms. The summed E-state index contributed by atoms with van der Waals surface area (Å²) in [6.07, 6.45) is 4.49. The van der Waals surface area contributed by atoms with Gasteiger partial charge < -0.3 is 10.2 Å². The van der Waals surface area contributed by atoms with E-state index < -0.39 is 0 Å². The van der Waals surface area contributed by atoms with Crippen LogP contribution in [-0.2, 0) is 0 Å². The summed E-state index contributed by atoms with van der Waals surface area (Å²) in [4.78, 5) is 5.21. The summed E-state index contributed by atoms with van der Waals surface area (Å²) in [5.74, 6) is 0. The Balaban J connectivity index is 0.00000128. The van der Waals surface area contributed by atoms with E-state index in [9.17, 15) is 0 Å². The molecule has 0 aliphatic carbocycles. The van der Waals surface area contributed by atoms with E-state index in [0.29, 0.717) is 0 Å². The van der Waals surface area contributed by atoms with Gasteiger partial charge in [0.1, 0.15) is 0 Å². The van der Waals surface area contributed by atoms with Crippen molar-refractivity contribution >= 4 is 12.4 Å². The number of halogens is 1. The van der Waals surface area contributed by atoms with Gasteiger partial charge in [0, 0.05) is 45.3 Å². The largest absolute Gasteiger partial charge is 0.315 e. The van der Waals surface area contributed by atoms with Gasteiger partial charge in [-0.1, -0.05) is 6.08 Å². The third-order valence-electron chi connectivity index (χ3n) is 3.61. The van der Waals surface area contributed by atoms with Crippen LogP contribution in [0.4, 0.5) is 0 Å². The Labute approximate surface area is 105 Å². The molecule has 0 saturated carbocycles. The van der Waals surface area contributed by atoms with Crippen molar-refractivity contribution in [3.63, 3.8) is 0 Å². The van der Waals surface area contributed by atoms with Crippen molar-refractivity contribution in [2.75, 3.05) is 45.8 Å². The lowest BCUT2D eigenvalue weighted by Crippen LogP contribution is -2.50. The minimum absolute atomic E-state index is 0. The minimum Gasteiger partial charge on any atom is -0.315 e. The molecular weight excluding hydrogens is 222 g/mol. The van der Waals surface area contributed by atoms with Crippen LogP contribution in [0.15, 0.2) is 12.7 Å². The molecule has 2 heterocycles. The standard InChI is InChI=1S/C12H23N3.ClH/c1-2-3-6-14-7-9-15(10-8-14)12-4-5-13-11-12;/h2,12-13H,1,3-11H2;1H. The Hall–Kier alpha value is -0.0900. The second kappa shape index (κ2) is 7.28. The summed E-state index contributed by atoms with van der Waals surface area (Å²) >= 11 is 0. The van der Waals surface area contributed by atoms with Gasteiger partial charge >= 0.3 is 0 Å². The molecule has 0 aromatic heterocycles. The summed E-state index contributed by atoms with van der Waals surface area (Å²) in [7, 11) is 0. The quantitative estimate of drug-likeness (QED) is 0.745. The molecule has 0 amide bonds. The van der Waals surface area contributed by atoms with E-state index in [1.807, 2.05) is 6.08 Å². The van der Waals surface area contributed by atoms with E-state index in [1.165, 1.54) is 52.2 Å². The molecule has 2 rings (SSSR count). The highest BCUT2D eigenvalue weighted by Crippen LogP contribution is 2.11. The van der Waals surface area contributed by atoms with Crippen LogP contribution < -0.4 is 5.32 Å². The Morgan fingerprint density at radius 3 is 2.56 bits per heavy atom. The first-order chi connectivity index (χ1) is 7.40. The van der Waals surface area contributed by atoms with Crippen LogP contribution in [0, 0.1) is 0 Å². The number of hydrogen-bond acceptors (Lipinski definition) is 3. The molecule has 3 nitrogen and oxygen atoms in total. The number of hydrogen-bond donors (Lipinski definition) is 1. The summed E-state index contributed by atoms with van der Waals surface area (Å²) in [6, 6.07) is 0.812. The van der Waals surface area contributed by atoms with Crippen molar-refractivity contribution in [3.05, 3.63) is 12.7 Å². The van der Waals surface area contributed by atoms with Crippen molar-refractivity contribution in [1.82, 2.24) is 15.1 Å². The fourth-order valence-corrected chi connectivity index (χ4v) is 2.58. The van der Waals surface area contributed by atoms with Crippen LogP contribution in [0.2, 0.25) is 0 Å². The topological polar surface area (TPSA) is 18.5 Å². The zero-order valence-electron chi connectivity index (χ0n) is 10.0. The van der Waals surface area contributed by atoms with E-state index in [2.05, 4.69) is 21.7 Å². The van der Waals surface area contributed by atoms with Crippen LogP contribution in [-0.4, -0.2) is 61.7 Å². The maximum Gasteiger partial charge on any atom is 0.0233 e. The number of nitrogens with zero attached hydrogens (tertiary/aromatic N) is 2. The van der Waals surface area contributed by atoms with E-state index >= 15 is 0 Å². The van der Waals surface area contributed by atoms with Gasteiger partial charge in [-0.3, -0.25) is 4.90 Å². The van der Waals surface area contributed by atoms with Gasteiger partial charge in [-0.05, 0) is 19.4 Å². The third-order valence-corrected chi connectivity index (χ3v) is 3.61. The fourth-order valence-electron chi connectivity index (χ4n) is 2.58. The SMILES string of the molecule is C=CCCN1CCN(C2CCNC2)CC1.Cl. The van der Waals surface area contributed by atoms with Crippen molar-refractivity contribution < 1.29 is 0 Å². The van der Waals surface area contributed by atoms with Crippen LogP contribution in [0.3, 0.4) is 0 Å². The van der Waals surface area contributed by atoms with E-state index in [4.69, 9.17) is 0 Å². The number of nitrogens with one attached hydrogen (secondary N) is 1. The number of piperazine rings is 1. The molecule has 0 aromatic carbocycles. The average Bonchev–Trinajstić information content (AvgIpc) is 2.80. The van der Waals surface area contributed by atoms with Gasteiger partial charge in [0.2, 0.25) is 0 Å². The molecule has 2 aliphatic rings. The molecule has 2 saturated heterocycles. The Morgan fingerprint density at radius 1 is 1.25 bits per heavy atom. The van der Waals surface area contributed by atoms with Crippen LogP contribution in [0.5, 0.6) is 0 Å². The maximum atomic E-state index is 3.78. The monoisotopic (exact) mass is 245 g/mol. The number of rotatable bonds is 4. The second-order valence-electron chi connectivity index (χ2n) is 4.60. The highest BCUT2D eigenvalue weighted by Gasteiger charge is 2.25. The lowest BCUT2D eigenvalue weighted by molar-refractivity contribution is 0.104. The predicted octanol–water partition coefficient (Wildman–Crippen LogP) is 0.964. The second-order valence-corrected chi connectivity index (χ2v) is 4.60. The molecule has 16 heavy (non-hydrogen) atoms. The summed E-state index contributed by atoms with van der Waals surface area (Å²) < 4.78 is 0. The van der Waals surface area contributed by atoms with Gasteiger partial charge in [0.15, 0.2) is 0 Å². The minimum atomic E-state index is 0. The van der Waals surface area contributed by atoms with Crippen LogP contribution >= 0.6 is 12.4 Å². The van der Waals surface area contributed by atoms with Crippen molar-refractivity contribution in [2.24, 2.45) is 0 Å².